The molecule has 4 rings (SSSR count). The zero-order chi connectivity index (χ0) is 23.7. The minimum atomic E-state index is -0.620. The average Bonchev–Trinajstić information content (AvgIpc) is 2.99. The predicted octanol–water partition coefficient (Wildman–Crippen LogP) is 4.70. The first-order valence-corrected chi connectivity index (χ1v) is 10.5. The Balaban J connectivity index is 1.55. The maximum atomic E-state index is 13.0. The highest BCUT2D eigenvalue weighted by atomic mass is 35.5. The number of nitrogens with zero attached hydrogens (tertiary/aromatic N) is 1. The number of phenolic OH excluding ortho intramolecular Hbond substituents is 1. The van der Waals surface area contributed by atoms with Gasteiger partial charge in [-0.15, -0.1) is 0 Å². The summed E-state index contributed by atoms with van der Waals surface area (Å²) in [4.78, 5) is 39.4. The van der Waals surface area contributed by atoms with E-state index in [9.17, 15) is 19.5 Å². The number of imide groups is 1. The number of aryl methyl sites for hydroxylation is 2. The lowest BCUT2D eigenvalue weighted by atomic mass is 10.1. The molecule has 0 spiro atoms. The van der Waals surface area contributed by atoms with Crippen molar-refractivity contribution in [2.24, 2.45) is 0 Å². The van der Waals surface area contributed by atoms with Crippen LogP contribution in [0.1, 0.15) is 21.5 Å². The fraction of sp³-hybridized carbons (Fsp3) is 0.0800. The van der Waals surface area contributed by atoms with Gasteiger partial charge in [-0.25, -0.2) is 4.90 Å². The van der Waals surface area contributed by atoms with Gasteiger partial charge >= 0.3 is 0 Å². The second kappa shape index (κ2) is 8.80. The van der Waals surface area contributed by atoms with Crippen molar-refractivity contribution in [2.45, 2.75) is 13.8 Å². The molecule has 3 N–H and O–H groups in total. The molecular weight excluding hydrogens is 442 g/mol. The number of rotatable bonds is 5. The van der Waals surface area contributed by atoms with Gasteiger partial charge in [0.1, 0.15) is 16.5 Å². The molecule has 0 atom stereocenters. The monoisotopic (exact) mass is 461 g/mol. The van der Waals surface area contributed by atoms with Crippen LogP contribution in [0.25, 0.3) is 0 Å². The van der Waals surface area contributed by atoms with Crippen molar-refractivity contribution in [3.05, 3.63) is 94.1 Å². The van der Waals surface area contributed by atoms with Gasteiger partial charge in [0.2, 0.25) is 0 Å². The second-order valence-corrected chi connectivity index (χ2v) is 7.99. The van der Waals surface area contributed by atoms with Crippen LogP contribution in [0.4, 0.5) is 17.1 Å². The van der Waals surface area contributed by atoms with Crippen LogP contribution in [-0.4, -0.2) is 22.8 Å². The molecule has 3 amide bonds. The summed E-state index contributed by atoms with van der Waals surface area (Å²) in [5.41, 5.74) is 3.50. The average molecular weight is 462 g/mol. The van der Waals surface area contributed by atoms with Crippen LogP contribution in [-0.2, 0) is 9.59 Å². The topological polar surface area (TPSA) is 98.7 Å². The Labute approximate surface area is 195 Å². The number of anilines is 3. The summed E-state index contributed by atoms with van der Waals surface area (Å²) in [5, 5.41) is 14.9. The predicted molar refractivity (Wildman–Crippen MR) is 127 cm³/mol. The van der Waals surface area contributed by atoms with E-state index in [2.05, 4.69) is 10.6 Å². The third kappa shape index (κ3) is 4.44. The Morgan fingerprint density at radius 2 is 1.61 bits per heavy atom. The van der Waals surface area contributed by atoms with E-state index in [-0.39, 0.29) is 16.5 Å². The van der Waals surface area contributed by atoms with E-state index in [1.54, 1.807) is 42.5 Å². The van der Waals surface area contributed by atoms with Crippen LogP contribution in [0, 0.1) is 13.8 Å². The van der Waals surface area contributed by atoms with Crippen molar-refractivity contribution in [1.82, 2.24) is 0 Å². The maximum Gasteiger partial charge on any atom is 0.283 e. The molecule has 3 aromatic carbocycles. The first kappa shape index (κ1) is 22.1. The molecule has 0 saturated heterocycles. The fourth-order valence-electron chi connectivity index (χ4n) is 3.38. The Bertz CT molecular complexity index is 1330. The number of phenols is 1. The van der Waals surface area contributed by atoms with Gasteiger partial charge in [-0.05, 0) is 67.4 Å². The van der Waals surface area contributed by atoms with Gasteiger partial charge in [0.15, 0.2) is 0 Å². The van der Waals surface area contributed by atoms with Crippen molar-refractivity contribution in [1.29, 1.82) is 0 Å². The summed E-state index contributed by atoms with van der Waals surface area (Å²) >= 11 is 6.22. The number of aromatic hydroxyl groups is 1. The Kier molecular flexibility index (Phi) is 5.89. The van der Waals surface area contributed by atoms with Crippen molar-refractivity contribution in [2.75, 3.05) is 15.5 Å². The Morgan fingerprint density at radius 3 is 2.33 bits per heavy atom. The lowest BCUT2D eigenvalue weighted by Gasteiger charge is -2.16. The molecule has 166 valence electrons. The van der Waals surface area contributed by atoms with Crippen LogP contribution < -0.4 is 15.5 Å². The van der Waals surface area contributed by atoms with E-state index < -0.39 is 17.7 Å². The van der Waals surface area contributed by atoms with Gasteiger partial charge in [0.05, 0.1) is 5.69 Å². The molecule has 0 aliphatic carbocycles. The summed E-state index contributed by atoms with van der Waals surface area (Å²) in [5.74, 6) is -1.58. The number of hydrogen-bond acceptors (Lipinski definition) is 5. The molecule has 1 heterocycles. The number of benzene rings is 3. The van der Waals surface area contributed by atoms with E-state index in [1.807, 2.05) is 19.9 Å². The molecule has 7 nitrogen and oxygen atoms in total. The van der Waals surface area contributed by atoms with Gasteiger partial charge in [0.25, 0.3) is 17.7 Å². The van der Waals surface area contributed by atoms with Crippen molar-refractivity contribution < 1.29 is 19.5 Å². The number of halogens is 1. The molecule has 0 aromatic heterocycles. The van der Waals surface area contributed by atoms with E-state index >= 15 is 0 Å². The number of hydrogen-bond donors (Lipinski definition) is 3. The van der Waals surface area contributed by atoms with E-state index in [0.29, 0.717) is 22.6 Å². The van der Waals surface area contributed by atoms with Crippen LogP contribution >= 0.6 is 11.6 Å². The summed E-state index contributed by atoms with van der Waals surface area (Å²) in [7, 11) is 0. The largest absolute Gasteiger partial charge is 0.508 e. The number of amides is 3. The first-order valence-electron chi connectivity index (χ1n) is 10.1. The quantitative estimate of drug-likeness (QED) is 0.478. The Morgan fingerprint density at radius 1 is 0.879 bits per heavy atom. The van der Waals surface area contributed by atoms with Crippen molar-refractivity contribution in [3.8, 4) is 5.75 Å². The molecule has 3 aromatic rings. The van der Waals surface area contributed by atoms with E-state index in [1.165, 1.54) is 18.2 Å². The molecular formula is C25H20ClN3O4. The summed E-state index contributed by atoms with van der Waals surface area (Å²) in [6, 6.07) is 17.9. The number of nitrogens with one attached hydrogen (secondary N) is 2. The molecule has 8 heteroatoms. The minimum absolute atomic E-state index is 0.0301. The summed E-state index contributed by atoms with van der Waals surface area (Å²) in [6.07, 6.45) is 0. The zero-order valence-electron chi connectivity index (χ0n) is 17.8. The lowest BCUT2D eigenvalue weighted by molar-refractivity contribution is -0.120. The molecule has 0 saturated carbocycles. The van der Waals surface area contributed by atoms with Crippen molar-refractivity contribution in [3.63, 3.8) is 0 Å². The lowest BCUT2D eigenvalue weighted by Crippen LogP contribution is -2.32. The molecule has 1 aliphatic heterocycles. The minimum Gasteiger partial charge on any atom is -0.508 e. The molecule has 33 heavy (non-hydrogen) atoms. The number of carbonyl (C=O) groups is 3. The molecule has 0 unspecified atom stereocenters. The molecule has 0 fully saturated rings. The van der Waals surface area contributed by atoms with Crippen LogP contribution in [0.2, 0.25) is 0 Å². The first-order chi connectivity index (χ1) is 15.7. The third-order valence-corrected chi connectivity index (χ3v) is 5.62. The molecule has 0 radical (unpaired) electrons. The highest BCUT2D eigenvalue weighted by Crippen LogP contribution is 2.31. The molecule has 0 bridgehead atoms. The van der Waals surface area contributed by atoms with E-state index in [4.69, 9.17) is 11.6 Å². The smallest absolute Gasteiger partial charge is 0.283 e. The maximum absolute atomic E-state index is 13.0. The normalized spacial score (nSPS) is 13.5. The molecule has 1 aliphatic rings. The van der Waals surface area contributed by atoms with Gasteiger partial charge in [0, 0.05) is 23.0 Å². The Hall–Kier alpha value is -4.10. The highest BCUT2D eigenvalue weighted by Gasteiger charge is 2.39. The van der Waals surface area contributed by atoms with Crippen LogP contribution in [0.15, 0.2) is 77.5 Å². The van der Waals surface area contributed by atoms with Gasteiger partial charge in [-0.2, -0.15) is 0 Å². The number of carbonyl (C=O) groups excluding carboxylic acids is 3. The SMILES string of the molecule is Cc1ccc(N2C(=O)C(Cl)=C(Nc3cccc(C(=O)Nc4cccc(O)c4)c3)C2=O)cc1C. The highest BCUT2D eigenvalue weighted by molar-refractivity contribution is 6.53. The van der Waals surface area contributed by atoms with Gasteiger partial charge in [-0.1, -0.05) is 29.8 Å². The standard InChI is InChI=1S/C25H20ClN3O4/c1-14-9-10-19(11-15(14)2)29-24(32)21(26)22(25(29)33)27-17-6-3-5-16(12-17)23(31)28-18-7-4-8-20(30)13-18/h3-13,27,30H,1-2H3,(H,28,31). The van der Waals surface area contributed by atoms with Gasteiger partial charge in [-0.3, -0.25) is 14.4 Å². The summed E-state index contributed by atoms with van der Waals surface area (Å²) < 4.78 is 0. The van der Waals surface area contributed by atoms with Crippen LogP contribution in [0.5, 0.6) is 5.75 Å². The zero-order valence-corrected chi connectivity index (χ0v) is 18.6. The van der Waals surface area contributed by atoms with E-state index in [0.717, 1.165) is 16.0 Å². The van der Waals surface area contributed by atoms with Crippen LogP contribution in [0.3, 0.4) is 0 Å². The van der Waals surface area contributed by atoms with Gasteiger partial charge < -0.3 is 15.7 Å². The summed E-state index contributed by atoms with van der Waals surface area (Å²) in [6.45, 7) is 3.83. The second-order valence-electron chi connectivity index (χ2n) is 7.61. The van der Waals surface area contributed by atoms with Crippen molar-refractivity contribution >= 4 is 46.4 Å². The fourth-order valence-corrected chi connectivity index (χ4v) is 3.59. The third-order valence-electron chi connectivity index (χ3n) is 5.27.